The van der Waals surface area contributed by atoms with Crippen LogP contribution < -0.4 is 4.74 Å². The Morgan fingerprint density at radius 1 is 0.789 bits per heavy atom. The van der Waals surface area contributed by atoms with Gasteiger partial charge in [0.1, 0.15) is 11.4 Å². The number of hydrogen-bond acceptors (Lipinski definition) is 4. The molecule has 6 heteroatoms. The van der Waals surface area contributed by atoms with Gasteiger partial charge in [-0.25, -0.2) is 9.97 Å². The Kier molecular flexibility index (Phi) is 6.81. The van der Waals surface area contributed by atoms with Gasteiger partial charge in [0.25, 0.3) is 0 Å². The van der Waals surface area contributed by atoms with E-state index in [1.54, 1.807) is 6.07 Å². The molecule has 0 atom stereocenters. The Labute approximate surface area is 236 Å². The average molecular weight is 680 g/mol. The van der Waals surface area contributed by atoms with Gasteiger partial charge in [-0.2, -0.15) is 18.2 Å². The molecule has 5 nitrogen and oxygen atoms in total. The predicted octanol–water partition coefficient (Wildman–Crippen LogP) is 7.83. The zero-order chi connectivity index (χ0) is 25.6. The number of hydrogen-bond donors (Lipinski definition) is 1. The van der Waals surface area contributed by atoms with Gasteiger partial charge in [-0.1, -0.05) is 51.1 Å². The molecule has 0 spiro atoms. The maximum absolute atomic E-state index is 10.7. The van der Waals surface area contributed by atoms with E-state index in [9.17, 15) is 5.11 Å². The molecule has 3 aromatic heterocycles. The molecule has 6 aromatic rings. The quantitative estimate of drug-likeness (QED) is 0.193. The van der Waals surface area contributed by atoms with Crippen LogP contribution in [-0.4, -0.2) is 19.6 Å². The molecule has 0 aliphatic rings. The van der Waals surface area contributed by atoms with Gasteiger partial charge in [-0.05, 0) is 47.4 Å². The van der Waals surface area contributed by atoms with E-state index in [4.69, 9.17) is 14.7 Å². The standard InChI is InChI=1S/C32H26N3O2.Pt/c1-32(2,3)21-19-26(33-30(20-21)37-22-11-5-4-6-12-22)25-18-17-24-23-13-7-8-14-27(23)35(31(24)34-25)28-15-9-10-16-29(28)36;/h4-11,13-20,36H,1-3H3;/q-1;. The van der Waals surface area contributed by atoms with Crippen LogP contribution in [0, 0.1) is 6.07 Å². The molecule has 3 heterocycles. The Morgan fingerprint density at radius 2 is 1.55 bits per heavy atom. The fraction of sp³-hybridized carbons (Fsp3) is 0.125. The van der Waals surface area contributed by atoms with Crippen molar-refractivity contribution in [3.05, 3.63) is 109 Å². The number of phenols is 1. The van der Waals surface area contributed by atoms with Crippen LogP contribution in [0.25, 0.3) is 39.0 Å². The number of benzene rings is 3. The zero-order valence-corrected chi connectivity index (χ0v) is 23.5. The first kappa shape index (κ1) is 25.7. The number of ether oxygens (including phenoxy) is 1. The molecular weight excluding hydrogens is 653 g/mol. The SMILES string of the molecule is CC(C)(C)c1cc(Oc2[c-]cccc2)nc(-c2ccc3c4ccccc4n(-c4ccccc4O)c3n2)c1.[Pt]. The summed E-state index contributed by atoms with van der Waals surface area (Å²) in [7, 11) is 0. The number of phenolic OH excluding ortho intramolecular Hbond substituents is 1. The number of nitrogens with zero attached hydrogens (tertiary/aromatic N) is 3. The van der Waals surface area contributed by atoms with Crippen molar-refractivity contribution >= 4 is 21.9 Å². The van der Waals surface area contributed by atoms with Crippen molar-refractivity contribution in [2.45, 2.75) is 26.2 Å². The fourth-order valence-electron chi connectivity index (χ4n) is 4.55. The smallest absolute Gasteiger partial charge is 0.217 e. The van der Waals surface area contributed by atoms with Crippen molar-refractivity contribution in [2.75, 3.05) is 0 Å². The molecule has 0 radical (unpaired) electrons. The van der Waals surface area contributed by atoms with Gasteiger partial charge in [0.05, 0.1) is 22.6 Å². The summed E-state index contributed by atoms with van der Waals surface area (Å²) in [5, 5.41) is 12.8. The second kappa shape index (κ2) is 10.1. The first-order chi connectivity index (χ1) is 17.9. The number of rotatable bonds is 4. The molecule has 0 unspecified atom stereocenters. The molecule has 0 saturated carbocycles. The number of pyridine rings is 2. The molecule has 38 heavy (non-hydrogen) atoms. The summed E-state index contributed by atoms with van der Waals surface area (Å²) in [6.07, 6.45) is 0. The molecular formula is C32H26N3O2Pt-. The number of aromatic nitrogens is 3. The minimum Gasteiger partial charge on any atom is -0.506 e. The molecule has 0 aliphatic heterocycles. The van der Waals surface area contributed by atoms with Crippen molar-refractivity contribution in [3.8, 4) is 34.5 Å². The van der Waals surface area contributed by atoms with Crippen LogP contribution in [-0.2, 0) is 26.5 Å². The van der Waals surface area contributed by atoms with Crippen LogP contribution in [0.4, 0.5) is 0 Å². The van der Waals surface area contributed by atoms with Crippen molar-refractivity contribution in [2.24, 2.45) is 0 Å². The van der Waals surface area contributed by atoms with Crippen LogP contribution in [0.2, 0.25) is 0 Å². The average Bonchev–Trinajstić information content (AvgIpc) is 3.22. The van der Waals surface area contributed by atoms with E-state index >= 15 is 0 Å². The largest absolute Gasteiger partial charge is 0.506 e. The molecule has 3 aromatic carbocycles. The van der Waals surface area contributed by atoms with E-state index in [1.165, 1.54) is 0 Å². The summed E-state index contributed by atoms with van der Waals surface area (Å²) in [5.41, 5.74) is 4.82. The molecule has 192 valence electrons. The van der Waals surface area contributed by atoms with E-state index < -0.39 is 0 Å². The predicted molar refractivity (Wildman–Crippen MR) is 148 cm³/mol. The third-order valence-electron chi connectivity index (χ3n) is 6.47. The third-order valence-corrected chi connectivity index (χ3v) is 6.47. The normalized spacial score (nSPS) is 11.4. The van der Waals surface area contributed by atoms with Gasteiger partial charge in [-0.15, -0.1) is 12.1 Å². The first-order valence-corrected chi connectivity index (χ1v) is 12.2. The van der Waals surface area contributed by atoms with Crippen LogP contribution in [0.5, 0.6) is 17.4 Å². The summed E-state index contributed by atoms with van der Waals surface area (Å²) in [6, 6.07) is 34.2. The van der Waals surface area contributed by atoms with E-state index in [-0.39, 0.29) is 32.2 Å². The first-order valence-electron chi connectivity index (χ1n) is 12.2. The van der Waals surface area contributed by atoms with E-state index in [1.807, 2.05) is 77.4 Å². The van der Waals surface area contributed by atoms with Gasteiger partial charge >= 0.3 is 0 Å². The molecule has 0 aliphatic carbocycles. The topological polar surface area (TPSA) is 60.2 Å². The third kappa shape index (κ3) is 4.70. The summed E-state index contributed by atoms with van der Waals surface area (Å²) < 4.78 is 8.10. The van der Waals surface area contributed by atoms with Crippen LogP contribution in [0.15, 0.2) is 97.1 Å². The van der Waals surface area contributed by atoms with Crippen LogP contribution in [0.3, 0.4) is 0 Å². The monoisotopic (exact) mass is 679 g/mol. The van der Waals surface area contributed by atoms with Gasteiger partial charge in [0.15, 0.2) is 0 Å². The minimum atomic E-state index is -0.120. The van der Waals surface area contributed by atoms with E-state index in [0.29, 0.717) is 23.0 Å². The second-order valence-corrected chi connectivity index (χ2v) is 10.1. The van der Waals surface area contributed by atoms with Gasteiger partial charge in [0, 0.05) is 43.7 Å². The Morgan fingerprint density at radius 3 is 2.32 bits per heavy atom. The summed E-state index contributed by atoms with van der Waals surface area (Å²) >= 11 is 0. The molecule has 0 bridgehead atoms. The molecule has 0 amide bonds. The minimum absolute atomic E-state index is 0. The van der Waals surface area contributed by atoms with Gasteiger partial charge < -0.3 is 9.84 Å². The van der Waals surface area contributed by atoms with Gasteiger partial charge in [-0.3, -0.25) is 4.57 Å². The second-order valence-electron chi connectivity index (χ2n) is 10.1. The number of fused-ring (bicyclic) bond motifs is 3. The summed E-state index contributed by atoms with van der Waals surface area (Å²) in [6.45, 7) is 6.49. The maximum atomic E-state index is 10.7. The Bertz CT molecular complexity index is 1750. The van der Waals surface area contributed by atoms with Crippen molar-refractivity contribution in [1.29, 1.82) is 0 Å². The van der Waals surface area contributed by atoms with Gasteiger partial charge in [0.2, 0.25) is 5.88 Å². The summed E-state index contributed by atoms with van der Waals surface area (Å²) in [4.78, 5) is 9.93. The Balaban J connectivity index is 0.00000294. The van der Waals surface area contributed by atoms with E-state index in [0.717, 1.165) is 33.2 Å². The Hall–Kier alpha value is -3.95. The van der Waals surface area contributed by atoms with Crippen LogP contribution in [0.1, 0.15) is 26.3 Å². The van der Waals surface area contributed by atoms with Crippen LogP contribution >= 0.6 is 0 Å². The molecule has 6 rings (SSSR count). The van der Waals surface area contributed by atoms with Crippen molar-refractivity contribution in [1.82, 2.24) is 14.5 Å². The van der Waals surface area contributed by atoms with E-state index in [2.05, 4.69) is 45.0 Å². The van der Waals surface area contributed by atoms with Crippen molar-refractivity contribution in [3.63, 3.8) is 0 Å². The number of aromatic hydroxyl groups is 1. The maximum Gasteiger partial charge on any atom is 0.217 e. The molecule has 0 saturated heterocycles. The molecule has 1 N–H and O–H groups in total. The fourth-order valence-corrected chi connectivity index (χ4v) is 4.55. The van der Waals surface area contributed by atoms with Crippen molar-refractivity contribution < 1.29 is 30.9 Å². The molecule has 0 fully saturated rings. The zero-order valence-electron chi connectivity index (χ0n) is 21.3. The number of para-hydroxylation sites is 4. The summed E-state index contributed by atoms with van der Waals surface area (Å²) in [5.74, 6) is 1.29.